The third-order valence-corrected chi connectivity index (χ3v) is 7.50. The molecule has 2 aromatic carbocycles. The lowest BCUT2D eigenvalue weighted by Gasteiger charge is -2.52. The fourth-order valence-corrected chi connectivity index (χ4v) is 6.04. The van der Waals surface area contributed by atoms with Gasteiger partial charge in [0, 0.05) is 38.3 Å². The van der Waals surface area contributed by atoms with Crippen molar-refractivity contribution in [3.8, 4) is 0 Å². The van der Waals surface area contributed by atoms with Crippen molar-refractivity contribution in [2.75, 3.05) is 26.2 Å². The van der Waals surface area contributed by atoms with Crippen molar-refractivity contribution < 1.29 is 4.79 Å². The Kier molecular flexibility index (Phi) is 5.51. The Hall–Kier alpha value is -2.33. The molecule has 5 rings (SSSR count). The summed E-state index contributed by atoms with van der Waals surface area (Å²) in [5.41, 5.74) is 5.74. The average molecular weight is 404 g/mol. The van der Waals surface area contributed by atoms with Crippen LogP contribution >= 0.6 is 0 Å². The molecule has 0 radical (unpaired) electrons. The van der Waals surface area contributed by atoms with Crippen molar-refractivity contribution in [3.05, 3.63) is 70.8 Å². The van der Waals surface area contributed by atoms with Crippen LogP contribution in [0.25, 0.3) is 0 Å². The summed E-state index contributed by atoms with van der Waals surface area (Å²) < 4.78 is 0. The standard InChI is InChI=1S/C26H33N3O/c1-19-7-5-10-21-13-16-28-18-22-11-6-15-29(23(22)17-24(28)25(19)21)26(30)27-14-12-20-8-3-2-4-9-20/h2-5,7-10,22-24H,6,11-18H2,1H3,(H,27,30)/t22-,23+,24-/m1/s1. The fourth-order valence-electron chi connectivity index (χ4n) is 6.04. The number of carbonyl (C=O) groups is 1. The predicted molar refractivity (Wildman–Crippen MR) is 121 cm³/mol. The van der Waals surface area contributed by atoms with E-state index < -0.39 is 0 Å². The van der Waals surface area contributed by atoms with Crippen LogP contribution in [-0.2, 0) is 12.8 Å². The number of aryl methyl sites for hydroxylation is 1. The Balaban J connectivity index is 1.29. The van der Waals surface area contributed by atoms with Crippen LogP contribution in [0.2, 0.25) is 0 Å². The van der Waals surface area contributed by atoms with Gasteiger partial charge >= 0.3 is 6.03 Å². The Morgan fingerprint density at radius 3 is 2.83 bits per heavy atom. The summed E-state index contributed by atoms with van der Waals surface area (Å²) in [6.45, 7) is 6.15. The molecule has 0 saturated carbocycles. The topological polar surface area (TPSA) is 35.6 Å². The van der Waals surface area contributed by atoms with Crippen LogP contribution in [0.1, 0.15) is 47.6 Å². The van der Waals surface area contributed by atoms with Crippen LogP contribution in [0.4, 0.5) is 4.79 Å². The number of likely N-dealkylation sites (tertiary alicyclic amines) is 1. The van der Waals surface area contributed by atoms with Crippen molar-refractivity contribution in [2.24, 2.45) is 5.92 Å². The Morgan fingerprint density at radius 2 is 1.97 bits per heavy atom. The lowest BCUT2D eigenvalue weighted by molar-refractivity contribution is 0.00558. The number of hydrogen-bond acceptors (Lipinski definition) is 2. The molecule has 3 aliphatic heterocycles. The maximum atomic E-state index is 13.1. The van der Waals surface area contributed by atoms with Crippen molar-refractivity contribution in [1.82, 2.24) is 15.1 Å². The van der Waals surface area contributed by atoms with Crippen LogP contribution < -0.4 is 5.32 Å². The van der Waals surface area contributed by atoms with E-state index in [-0.39, 0.29) is 6.03 Å². The third-order valence-electron chi connectivity index (χ3n) is 7.50. The second-order valence-electron chi connectivity index (χ2n) is 9.27. The maximum absolute atomic E-state index is 13.1. The SMILES string of the molecule is Cc1cccc2c1[C@H]1C[C@H]3[C@H](CCCN3C(=O)NCCc3ccccc3)CN1CC2. The highest BCUT2D eigenvalue weighted by atomic mass is 16.2. The molecule has 2 saturated heterocycles. The van der Waals surface area contributed by atoms with E-state index in [9.17, 15) is 4.79 Å². The van der Waals surface area contributed by atoms with Crippen molar-refractivity contribution in [3.63, 3.8) is 0 Å². The number of urea groups is 1. The molecule has 158 valence electrons. The average Bonchev–Trinajstić information content (AvgIpc) is 2.78. The van der Waals surface area contributed by atoms with Gasteiger partial charge in [-0.25, -0.2) is 4.79 Å². The van der Waals surface area contributed by atoms with Crippen LogP contribution in [0.5, 0.6) is 0 Å². The number of amides is 2. The zero-order valence-corrected chi connectivity index (χ0v) is 18.0. The van der Waals surface area contributed by atoms with E-state index in [1.165, 1.54) is 28.7 Å². The second kappa shape index (κ2) is 8.43. The van der Waals surface area contributed by atoms with Gasteiger partial charge in [-0.15, -0.1) is 0 Å². The molecule has 0 bridgehead atoms. The number of piperidine rings is 2. The molecule has 2 amide bonds. The molecule has 30 heavy (non-hydrogen) atoms. The van der Waals surface area contributed by atoms with Gasteiger partial charge in [-0.3, -0.25) is 4.90 Å². The lowest BCUT2D eigenvalue weighted by Crippen LogP contribution is -2.59. The minimum atomic E-state index is 0.134. The van der Waals surface area contributed by atoms with Crippen LogP contribution in [0.15, 0.2) is 48.5 Å². The van der Waals surface area contributed by atoms with E-state index in [0.29, 0.717) is 24.5 Å². The highest BCUT2D eigenvalue weighted by Crippen LogP contribution is 2.43. The molecular formula is C26H33N3O. The Morgan fingerprint density at radius 1 is 1.10 bits per heavy atom. The van der Waals surface area contributed by atoms with E-state index in [2.05, 4.69) is 64.5 Å². The summed E-state index contributed by atoms with van der Waals surface area (Å²) in [5.74, 6) is 0.612. The molecule has 0 unspecified atom stereocenters. The molecule has 3 heterocycles. The van der Waals surface area contributed by atoms with E-state index in [1.807, 2.05) is 6.07 Å². The number of fused-ring (bicyclic) bond motifs is 4. The number of hydrogen-bond donors (Lipinski definition) is 1. The molecule has 2 fully saturated rings. The quantitative estimate of drug-likeness (QED) is 0.828. The number of nitrogens with one attached hydrogen (secondary N) is 1. The van der Waals surface area contributed by atoms with E-state index in [4.69, 9.17) is 0 Å². The molecule has 4 nitrogen and oxygen atoms in total. The summed E-state index contributed by atoms with van der Waals surface area (Å²) in [4.78, 5) is 18.0. The molecule has 3 atom stereocenters. The molecular weight excluding hydrogens is 370 g/mol. The minimum Gasteiger partial charge on any atom is -0.338 e. The highest BCUT2D eigenvalue weighted by Gasteiger charge is 2.44. The van der Waals surface area contributed by atoms with Gasteiger partial charge in [0.1, 0.15) is 0 Å². The van der Waals surface area contributed by atoms with Gasteiger partial charge in [-0.05, 0) is 67.2 Å². The van der Waals surface area contributed by atoms with Crippen molar-refractivity contribution in [2.45, 2.75) is 51.1 Å². The van der Waals surface area contributed by atoms with E-state index in [1.54, 1.807) is 0 Å². The van der Waals surface area contributed by atoms with Gasteiger partial charge in [0.05, 0.1) is 0 Å². The number of nitrogens with zero attached hydrogens (tertiary/aromatic N) is 2. The molecule has 0 aliphatic carbocycles. The largest absolute Gasteiger partial charge is 0.338 e. The predicted octanol–water partition coefficient (Wildman–Crippen LogP) is 4.33. The zero-order valence-electron chi connectivity index (χ0n) is 18.0. The van der Waals surface area contributed by atoms with Gasteiger partial charge < -0.3 is 10.2 Å². The smallest absolute Gasteiger partial charge is 0.317 e. The summed E-state index contributed by atoms with van der Waals surface area (Å²) in [6.07, 6.45) is 5.50. The normalized spacial score (nSPS) is 25.8. The van der Waals surface area contributed by atoms with E-state index >= 15 is 0 Å². The first-order valence-electron chi connectivity index (χ1n) is 11.6. The van der Waals surface area contributed by atoms with Gasteiger partial charge in [0.2, 0.25) is 0 Å². The first-order chi connectivity index (χ1) is 14.7. The van der Waals surface area contributed by atoms with Crippen LogP contribution in [0.3, 0.4) is 0 Å². The maximum Gasteiger partial charge on any atom is 0.317 e. The minimum absolute atomic E-state index is 0.134. The number of rotatable bonds is 3. The number of benzene rings is 2. The first kappa shape index (κ1) is 19.6. The van der Waals surface area contributed by atoms with E-state index in [0.717, 1.165) is 45.3 Å². The summed E-state index contributed by atoms with van der Waals surface area (Å²) >= 11 is 0. The molecule has 0 aromatic heterocycles. The summed E-state index contributed by atoms with van der Waals surface area (Å²) in [5, 5.41) is 3.21. The first-order valence-corrected chi connectivity index (χ1v) is 11.6. The summed E-state index contributed by atoms with van der Waals surface area (Å²) in [7, 11) is 0. The van der Waals surface area contributed by atoms with Gasteiger partial charge in [0.15, 0.2) is 0 Å². The fraction of sp³-hybridized carbons (Fsp3) is 0.500. The second-order valence-corrected chi connectivity index (χ2v) is 9.27. The monoisotopic (exact) mass is 403 g/mol. The van der Waals surface area contributed by atoms with Crippen LogP contribution in [-0.4, -0.2) is 48.1 Å². The van der Waals surface area contributed by atoms with Gasteiger partial charge in [0.25, 0.3) is 0 Å². The molecule has 3 aliphatic rings. The molecule has 2 aromatic rings. The Labute approximate surface area is 180 Å². The Bertz CT molecular complexity index is 896. The highest BCUT2D eigenvalue weighted by molar-refractivity contribution is 5.74. The number of carbonyl (C=O) groups excluding carboxylic acids is 1. The third kappa shape index (κ3) is 3.74. The molecule has 1 N–H and O–H groups in total. The van der Waals surface area contributed by atoms with Crippen LogP contribution in [0, 0.1) is 12.8 Å². The van der Waals surface area contributed by atoms with Crippen molar-refractivity contribution >= 4 is 6.03 Å². The summed E-state index contributed by atoms with van der Waals surface area (Å²) in [6, 6.07) is 18.1. The van der Waals surface area contributed by atoms with Gasteiger partial charge in [-0.2, -0.15) is 0 Å². The lowest BCUT2D eigenvalue weighted by atomic mass is 9.76. The molecule has 4 heteroatoms. The molecule has 0 spiro atoms. The zero-order chi connectivity index (χ0) is 20.5. The van der Waals surface area contributed by atoms with Crippen molar-refractivity contribution in [1.29, 1.82) is 0 Å². The van der Waals surface area contributed by atoms with Gasteiger partial charge in [-0.1, -0.05) is 48.5 Å².